The molecule has 0 aromatic carbocycles. The predicted octanol–water partition coefficient (Wildman–Crippen LogP) is 0.0746. The Hall–Kier alpha value is -0.770. The minimum absolute atomic E-state index is 0.260. The van der Waals surface area contributed by atoms with Crippen LogP contribution in [0.3, 0.4) is 0 Å². The first kappa shape index (κ1) is 9.23. The van der Waals surface area contributed by atoms with E-state index in [9.17, 15) is 0 Å². The summed E-state index contributed by atoms with van der Waals surface area (Å²) in [6, 6.07) is 0. The zero-order valence-electron chi connectivity index (χ0n) is 6.54. The Balaban J connectivity index is 3.47. The lowest BCUT2D eigenvalue weighted by molar-refractivity contribution is 0.309. The van der Waals surface area contributed by atoms with Gasteiger partial charge in [-0.05, 0) is 20.0 Å². The number of oxime groups is 1. The molecule has 0 spiro atoms. The van der Waals surface area contributed by atoms with E-state index in [0.29, 0.717) is 6.54 Å². The van der Waals surface area contributed by atoms with E-state index in [1.54, 1.807) is 0 Å². The zero-order chi connectivity index (χ0) is 7.98. The van der Waals surface area contributed by atoms with Gasteiger partial charge in [0.25, 0.3) is 0 Å². The maximum absolute atomic E-state index is 8.19. The maximum atomic E-state index is 8.19. The van der Waals surface area contributed by atoms with Crippen LogP contribution in [0.5, 0.6) is 0 Å². The third-order valence-electron chi connectivity index (χ3n) is 1.17. The van der Waals surface area contributed by atoms with Crippen molar-refractivity contribution in [3.63, 3.8) is 0 Å². The van der Waals surface area contributed by atoms with E-state index in [0.717, 1.165) is 13.0 Å². The molecule has 0 rings (SSSR count). The van der Waals surface area contributed by atoms with Crippen molar-refractivity contribution in [2.75, 3.05) is 20.1 Å². The van der Waals surface area contributed by atoms with Gasteiger partial charge in [-0.15, -0.1) is 0 Å². The number of nitrogens with two attached hydrogens (primary N) is 1. The van der Waals surface area contributed by atoms with Gasteiger partial charge in [-0.3, -0.25) is 4.90 Å². The molecule has 0 aromatic heterocycles. The Morgan fingerprint density at radius 2 is 2.30 bits per heavy atom. The molecule has 4 nitrogen and oxygen atoms in total. The molecular weight excluding hydrogens is 130 g/mol. The monoisotopic (exact) mass is 145 g/mol. The quantitative estimate of drug-likeness (QED) is 0.255. The molecule has 10 heavy (non-hydrogen) atoms. The molecule has 0 atom stereocenters. The first-order valence-corrected chi connectivity index (χ1v) is 3.35. The van der Waals surface area contributed by atoms with Crippen LogP contribution in [0.2, 0.25) is 0 Å². The van der Waals surface area contributed by atoms with Crippen molar-refractivity contribution in [1.29, 1.82) is 0 Å². The summed E-state index contributed by atoms with van der Waals surface area (Å²) in [6.07, 6.45) is 1.08. The van der Waals surface area contributed by atoms with Crippen LogP contribution in [0.4, 0.5) is 0 Å². The first-order chi connectivity index (χ1) is 4.70. The predicted molar refractivity (Wildman–Crippen MR) is 41.2 cm³/mol. The third-order valence-corrected chi connectivity index (χ3v) is 1.17. The van der Waals surface area contributed by atoms with Crippen LogP contribution in [-0.2, 0) is 0 Å². The molecule has 3 N–H and O–H groups in total. The fraction of sp³-hybridized carbons (Fsp3) is 0.833. The van der Waals surface area contributed by atoms with Crippen molar-refractivity contribution in [3.8, 4) is 0 Å². The van der Waals surface area contributed by atoms with Crippen LogP contribution in [0.25, 0.3) is 0 Å². The summed E-state index contributed by atoms with van der Waals surface area (Å²) in [4.78, 5) is 2.00. The van der Waals surface area contributed by atoms with Gasteiger partial charge in [0, 0.05) is 0 Å². The van der Waals surface area contributed by atoms with E-state index < -0.39 is 0 Å². The van der Waals surface area contributed by atoms with Crippen molar-refractivity contribution in [2.45, 2.75) is 13.3 Å². The molecule has 0 bridgehead atoms. The summed E-state index contributed by atoms with van der Waals surface area (Å²) >= 11 is 0. The Morgan fingerprint density at radius 3 is 2.70 bits per heavy atom. The number of hydrogen-bond acceptors (Lipinski definition) is 3. The van der Waals surface area contributed by atoms with Crippen LogP contribution >= 0.6 is 0 Å². The molecule has 0 unspecified atom stereocenters. The van der Waals surface area contributed by atoms with Crippen LogP contribution in [0.1, 0.15) is 13.3 Å². The first-order valence-electron chi connectivity index (χ1n) is 3.35. The molecule has 60 valence electrons. The zero-order valence-corrected chi connectivity index (χ0v) is 6.54. The maximum Gasteiger partial charge on any atom is 0.153 e. The lowest BCUT2D eigenvalue weighted by Gasteiger charge is -2.13. The van der Waals surface area contributed by atoms with Gasteiger partial charge in [0.05, 0.1) is 6.54 Å². The van der Waals surface area contributed by atoms with Crippen LogP contribution < -0.4 is 5.73 Å². The smallest absolute Gasteiger partial charge is 0.153 e. The van der Waals surface area contributed by atoms with E-state index in [4.69, 9.17) is 10.9 Å². The number of nitrogens with zero attached hydrogens (tertiary/aromatic N) is 2. The Morgan fingerprint density at radius 1 is 1.70 bits per heavy atom. The second kappa shape index (κ2) is 5.05. The average Bonchev–Trinajstić information content (AvgIpc) is 1.88. The standard InChI is InChI=1S/C6H15N3O/c1-3-4-9(2)5-6(7)8-10/h10H,3-5H2,1-2H3,(H2,7,8). The summed E-state index contributed by atoms with van der Waals surface area (Å²) < 4.78 is 0. The van der Waals surface area contributed by atoms with Crippen LogP contribution in [0.15, 0.2) is 5.16 Å². The largest absolute Gasteiger partial charge is 0.409 e. The van der Waals surface area contributed by atoms with Gasteiger partial charge in [0.1, 0.15) is 0 Å². The lowest BCUT2D eigenvalue weighted by Crippen LogP contribution is -2.31. The number of amidine groups is 1. The molecule has 0 aliphatic heterocycles. The number of hydrogen-bond donors (Lipinski definition) is 2. The lowest BCUT2D eigenvalue weighted by atomic mass is 10.4. The van der Waals surface area contributed by atoms with E-state index >= 15 is 0 Å². The Bertz CT molecular complexity index is 114. The molecule has 0 aliphatic rings. The molecule has 0 radical (unpaired) electrons. The Kier molecular flexibility index (Phi) is 4.66. The van der Waals surface area contributed by atoms with Gasteiger partial charge in [-0.2, -0.15) is 0 Å². The van der Waals surface area contributed by atoms with Crippen LogP contribution in [-0.4, -0.2) is 36.1 Å². The summed E-state index contributed by atoms with van der Waals surface area (Å²) in [7, 11) is 1.93. The van der Waals surface area contributed by atoms with Crippen molar-refractivity contribution < 1.29 is 5.21 Å². The second-order valence-corrected chi connectivity index (χ2v) is 2.33. The summed E-state index contributed by atoms with van der Waals surface area (Å²) in [5, 5.41) is 11.1. The Labute approximate surface area is 61.3 Å². The molecular formula is C6H15N3O. The molecule has 0 saturated carbocycles. The second-order valence-electron chi connectivity index (χ2n) is 2.33. The highest BCUT2D eigenvalue weighted by molar-refractivity contribution is 5.81. The van der Waals surface area contributed by atoms with Crippen molar-refractivity contribution >= 4 is 5.84 Å². The minimum Gasteiger partial charge on any atom is -0.409 e. The van der Waals surface area contributed by atoms with Gasteiger partial charge in [0.15, 0.2) is 5.84 Å². The molecule has 0 saturated heterocycles. The van der Waals surface area contributed by atoms with Crippen molar-refractivity contribution in [3.05, 3.63) is 0 Å². The molecule has 0 aromatic rings. The van der Waals surface area contributed by atoms with E-state index in [-0.39, 0.29) is 5.84 Å². The van der Waals surface area contributed by atoms with Gasteiger partial charge in [-0.25, -0.2) is 0 Å². The number of likely N-dealkylation sites (N-methyl/N-ethyl adjacent to an activating group) is 1. The highest BCUT2D eigenvalue weighted by Gasteiger charge is 1.98. The molecule has 0 amide bonds. The van der Waals surface area contributed by atoms with Gasteiger partial charge >= 0.3 is 0 Å². The topological polar surface area (TPSA) is 61.8 Å². The third kappa shape index (κ3) is 4.14. The molecule has 0 heterocycles. The van der Waals surface area contributed by atoms with Gasteiger partial charge < -0.3 is 10.9 Å². The van der Waals surface area contributed by atoms with E-state index in [2.05, 4.69) is 12.1 Å². The number of rotatable bonds is 4. The normalized spacial score (nSPS) is 12.5. The highest BCUT2D eigenvalue weighted by Crippen LogP contribution is 1.84. The van der Waals surface area contributed by atoms with Crippen molar-refractivity contribution in [1.82, 2.24) is 4.90 Å². The van der Waals surface area contributed by atoms with E-state index in [1.165, 1.54) is 0 Å². The average molecular weight is 145 g/mol. The SMILES string of the molecule is CCCN(C)C/C(N)=N/O. The highest BCUT2D eigenvalue weighted by atomic mass is 16.4. The molecule has 0 aliphatic carbocycles. The summed E-state index contributed by atoms with van der Waals surface area (Å²) in [5.41, 5.74) is 5.26. The minimum atomic E-state index is 0.260. The van der Waals surface area contributed by atoms with Gasteiger partial charge in [0.2, 0.25) is 0 Å². The van der Waals surface area contributed by atoms with Crippen LogP contribution in [0, 0.1) is 0 Å². The fourth-order valence-corrected chi connectivity index (χ4v) is 0.769. The van der Waals surface area contributed by atoms with Gasteiger partial charge in [-0.1, -0.05) is 12.1 Å². The van der Waals surface area contributed by atoms with E-state index in [1.807, 2.05) is 11.9 Å². The summed E-state index contributed by atoms with van der Waals surface area (Å²) in [5.74, 6) is 0.260. The van der Waals surface area contributed by atoms with Crippen molar-refractivity contribution in [2.24, 2.45) is 10.9 Å². The molecule has 0 fully saturated rings. The fourth-order valence-electron chi connectivity index (χ4n) is 0.769. The molecule has 4 heteroatoms. The summed E-state index contributed by atoms with van der Waals surface area (Å²) in [6.45, 7) is 3.59.